The Labute approximate surface area is 121 Å². The fraction of sp³-hybridized carbons (Fsp3) is 0.333. The lowest BCUT2D eigenvalue weighted by atomic mass is 10.1. The largest absolute Gasteiger partial charge is 0.467 e. The van der Waals surface area contributed by atoms with Gasteiger partial charge in [-0.05, 0) is 25.1 Å². The zero-order valence-corrected chi connectivity index (χ0v) is 12.1. The summed E-state index contributed by atoms with van der Waals surface area (Å²) in [6.45, 7) is 1.37. The average Bonchev–Trinajstić information content (AvgIpc) is 2.36. The van der Waals surface area contributed by atoms with Gasteiger partial charge in [-0.1, -0.05) is 15.9 Å². The quantitative estimate of drug-likeness (QED) is 0.850. The molecule has 1 amide bonds. The number of benzene rings is 1. The number of hydrogen-bond donors (Lipinski definition) is 1. The third-order valence-electron chi connectivity index (χ3n) is 2.44. The maximum Gasteiger partial charge on any atom is 0.417 e. The van der Waals surface area contributed by atoms with Crippen molar-refractivity contribution in [1.29, 1.82) is 0 Å². The minimum Gasteiger partial charge on any atom is -0.467 e. The molecule has 0 bridgehead atoms. The molecule has 0 aliphatic carbocycles. The van der Waals surface area contributed by atoms with Crippen LogP contribution in [0.4, 0.5) is 13.2 Å². The molecule has 0 heterocycles. The molecule has 0 aliphatic heterocycles. The molecule has 0 fully saturated rings. The first-order chi connectivity index (χ1) is 9.16. The molecule has 0 aliphatic rings. The predicted octanol–water partition coefficient (Wildman–Crippen LogP) is 2.76. The number of carbonyl (C=O) groups is 2. The highest BCUT2D eigenvalue weighted by Crippen LogP contribution is 2.35. The minimum absolute atomic E-state index is 0.164. The van der Waals surface area contributed by atoms with Gasteiger partial charge in [-0.3, -0.25) is 4.79 Å². The number of ether oxygens (including phenoxy) is 1. The number of esters is 1. The van der Waals surface area contributed by atoms with Gasteiger partial charge in [0.2, 0.25) is 0 Å². The second-order valence-electron chi connectivity index (χ2n) is 3.91. The molecule has 1 atom stereocenters. The summed E-state index contributed by atoms with van der Waals surface area (Å²) in [5.41, 5.74) is -1.16. The SMILES string of the molecule is COC(=O)C(C)NC(=O)c1ccc(Br)c(C(F)(F)F)c1. The minimum atomic E-state index is -4.58. The van der Waals surface area contributed by atoms with Crippen LogP contribution in [0.2, 0.25) is 0 Å². The van der Waals surface area contributed by atoms with Crippen LogP contribution in [0.25, 0.3) is 0 Å². The van der Waals surface area contributed by atoms with E-state index in [1.165, 1.54) is 13.0 Å². The molecule has 4 nitrogen and oxygen atoms in total. The van der Waals surface area contributed by atoms with Gasteiger partial charge in [-0.25, -0.2) is 4.79 Å². The maximum atomic E-state index is 12.7. The van der Waals surface area contributed by atoms with Crippen molar-refractivity contribution in [2.45, 2.75) is 19.1 Å². The smallest absolute Gasteiger partial charge is 0.417 e. The number of amides is 1. The Morgan fingerprint density at radius 2 is 1.95 bits per heavy atom. The van der Waals surface area contributed by atoms with Crippen LogP contribution in [0, 0.1) is 0 Å². The Balaban J connectivity index is 2.98. The summed E-state index contributed by atoms with van der Waals surface area (Å²) in [6.07, 6.45) is -4.58. The van der Waals surface area contributed by atoms with Crippen LogP contribution in [0.15, 0.2) is 22.7 Å². The van der Waals surface area contributed by atoms with Crippen molar-refractivity contribution >= 4 is 27.8 Å². The molecule has 1 aromatic carbocycles. The zero-order valence-electron chi connectivity index (χ0n) is 10.5. The van der Waals surface area contributed by atoms with E-state index in [-0.39, 0.29) is 10.0 Å². The van der Waals surface area contributed by atoms with Crippen molar-refractivity contribution in [2.75, 3.05) is 7.11 Å². The van der Waals surface area contributed by atoms with E-state index in [2.05, 4.69) is 26.0 Å². The number of hydrogen-bond acceptors (Lipinski definition) is 3. The van der Waals surface area contributed by atoms with E-state index in [0.29, 0.717) is 6.07 Å². The summed E-state index contributed by atoms with van der Waals surface area (Å²) in [5, 5.41) is 2.25. The van der Waals surface area contributed by atoms with Gasteiger partial charge in [0.1, 0.15) is 6.04 Å². The first-order valence-corrected chi connectivity index (χ1v) is 6.21. The van der Waals surface area contributed by atoms with Crippen molar-refractivity contribution in [3.05, 3.63) is 33.8 Å². The molecule has 1 aromatic rings. The van der Waals surface area contributed by atoms with E-state index < -0.39 is 29.7 Å². The van der Waals surface area contributed by atoms with Gasteiger partial charge in [0.15, 0.2) is 0 Å². The summed E-state index contributed by atoms with van der Waals surface area (Å²) in [4.78, 5) is 22.9. The highest BCUT2D eigenvalue weighted by molar-refractivity contribution is 9.10. The first kappa shape index (κ1) is 16.5. The standard InChI is InChI=1S/C12H11BrF3NO3/c1-6(11(19)20-2)17-10(18)7-3-4-9(13)8(5-7)12(14,15)16/h3-6H,1-2H3,(H,17,18). The fourth-order valence-corrected chi connectivity index (χ4v) is 1.87. The lowest BCUT2D eigenvalue weighted by molar-refractivity contribution is -0.142. The normalized spacial score (nSPS) is 12.7. The molecule has 0 radical (unpaired) electrons. The molecule has 8 heteroatoms. The average molecular weight is 354 g/mol. The second-order valence-corrected chi connectivity index (χ2v) is 4.77. The molecular formula is C12H11BrF3NO3. The molecule has 0 saturated carbocycles. The highest BCUT2D eigenvalue weighted by Gasteiger charge is 2.33. The number of methoxy groups -OCH3 is 1. The Hall–Kier alpha value is -1.57. The van der Waals surface area contributed by atoms with Gasteiger partial charge >= 0.3 is 12.1 Å². The number of rotatable bonds is 3. The van der Waals surface area contributed by atoms with Crippen LogP contribution in [0.5, 0.6) is 0 Å². The predicted molar refractivity (Wildman–Crippen MR) is 68.1 cm³/mol. The topological polar surface area (TPSA) is 55.4 Å². The Bertz CT molecular complexity index is 531. The van der Waals surface area contributed by atoms with Gasteiger partial charge in [-0.15, -0.1) is 0 Å². The van der Waals surface area contributed by atoms with Gasteiger partial charge < -0.3 is 10.1 Å². The van der Waals surface area contributed by atoms with Gasteiger partial charge in [-0.2, -0.15) is 13.2 Å². The summed E-state index contributed by atoms with van der Waals surface area (Å²) < 4.78 is 42.3. The van der Waals surface area contributed by atoms with E-state index in [1.54, 1.807) is 0 Å². The van der Waals surface area contributed by atoms with E-state index in [0.717, 1.165) is 13.2 Å². The molecule has 1 rings (SSSR count). The number of carbonyl (C=O) groups excluding carboxylic acids is 2. The summed E-state index contributed by atoms with van der Waals surface area (Å²) >= 11 is 2.77. The van der Waals surface area contributed by atoms with Crippen molar-refractivity contribution < 1.29 is 27.5 Å². The number of nitrogens with one attached hydrogen (secondary N) is 1. The Morgan fingerprint density at radius 1 is 1.35 bits per heavy atom. The van der Waals surface area contributed by atoms with Crippen molar-refractivity contribution in [1.82, 2.24) is 5.32 Å². The molecular weight excluding hydrogens is 343 g/mol. The molecule has 1 N–H and O–H groups in total. The fourth-order valence-electron chi connectivity index (χ4n) is 1.40. The lowest BCUT2D eigenvalue weighted by Crippen LogP contribution is -2.39. The molecule has 0 spiro atoms. The Morgan fingerprint density at radius 3 is 2.45 bits per heavy atom. The van der Waals surface area contributed by atoms with Gasteiger partial charge in [0.05, 0.1) is 12.7 Å². The molecule has 110 valence electrons. The maximum absolute atomic E-state index is 12.7. The van der Waals surface area contributed by atoms with Crippen LogP contribution in [0.3, 0.4) is 0 Å². The van der Waals surface area contributed by atoms with Crippen LogP contribution >= 0.6 is 15.9 Å². The van der Waals surface area contributed by atoms with E-state index in [1.807, 2.05) is 0 Å². The van der Waals surface area contributed by atoms with Crippen molar-refractivity contribution in [2.24, 2.45) is 0 Å². The summed E-state index contributed by atoms with van der Waals surface area (Å²) in [5.74, 6) is -1.48. The summed E-state index contributed by atoms with van der Waals surface area (Å²) in [7, 11) is 1.15. The second kappa shape index (κ2) is 6.25. The molecule has 1 unspecified atom stereocenters. The monoisotopic (exact) mass is 353 g/mol. The van der Waals surface area contributed by atoms with Crippen LogP contribution < -0.4 is 5.32 Å². The highest BCUT2D eigenvalue weighted by atomic mass is 79.9. The van der Waals surface area contributed by atoms with Gasteiger partial charge in [0, 0.05) is 10.0 Å². The lowest BCUT2D eigenvalue weighted by Gasteiger charge is -2.13. The third-order valence-corrected chi connectivity index (χ3v) is 3.13. The molecule has 20 heavy (non-hydrogen) atoms. The van der Waals surface area contributed by atoms with Crippen molar-refractivity contribution in [3.63, 3.8) is 0 Å². The van der Waals surface area contributed by atoms with Crippen LogP contribution in [0.1, 0.15) is 22.8 Å². The zero-order chi connectivity index (χ0) is 15.5. The van der Waals surface area contributed by atoms with Crippen molar-refractivity contribution in [3.8, 4) is 0 Å². The number of alkyl halides is 3. The van der Waals surface area contributed by atoms with E-state index >= 15 is 0 Å². The third kappa shape index (κ3) is 3.96. The van der Waals surface area contributed by atoms with E-state index in [4.69, 9.17) is 0 Å². The number of halogens is 4. The van der Waals surface area contributed by atoms with Crippen LogP contribution in [-0.4, -0.2) is 25.0 Å². The Kier molecular flexibility index (Phi) is 5.15. The summed E-state index contributed by atoms with van der Waals surface area (Å²) in [6, 6.07) is 2.10. The molecule has 0 saturated heterocycles. The molecule has 0 aromatic heterocycles. The van der Waals surface area contributed by atoms with Crippen LogP contribution in [-0.2, 0) is 15.7 Å². The first-order valence-electron chi connectivity index (χ1n) is 5.42. The van der Waals surface area contributed by atoms with Gasteiger partial charge in [0.25, 0.3) is 5.91 Å². The van der Waals surface area contributed by atoms with E-state index in [9.17, 15) is 22.8 Å².